The quantitative estimate of drug-likeness (QED) is 0.575. The van der Waals surface area contributed by atoms with Gasteiger partial charge in [-0.2, -0.15) is 13.9 Å². The lowest BCUT2D eigenvalue weighted by atomic mass is 10.2. The van der Waals surface area contributed by atoms with Crippen molar-refractivity contribution in [3.05, 3.63) is 22.0 Å². The third kappa shape index (κ3) is 1.55. The highest BCUT2D eigenvalue weighted by Gasteiger charge is 2.41. The molecule has 1 aromatic rings. The molecule has 0 amide bonds. The van der Waals surface area contributed by atoms with Crippen LogP contribution in [0.2, 0.25) is 0 Å². The number of aryl methyl sites for hydroxylation is 1. The predicted octanol–water partition coefficient (Wildman–Crippen LogP) is 0.412. The average Bonchev–Trinajstić information content (AvgIpc) is 2.47. The van der Waals surface area contributed by atoms with Crippen molar-refractivity contribution < 1.29 is 18.8 Å². The van der Waals surface area contributed by atoms with E-state index in [0.717, 1.165) is 13.2 Å². The smallest absolute Gasteiger partial charge is 0.318 e. The van der Waals surface area contributed by atoms with Crippen LogP contribution in [0.3, 0.4) is 0 Å². The first-order chi connectivity index (χ1) is 6.40. The molecule has 0 saturated carbocycles. The molecule has 0 aliphatic carbocycles. The average molecular weight is 207 g/mol. The van der Waals surface area contributed by atoms with Crippen molar-refractivity contribution in [3.63, 3.8) is 0 Å². The van der Waals surface area contributed by atoms with Gasteiger partial charge in [0.2, 0.25) is 0 Å². The fraction of sp³-hybridized carbons (Fsp3) is 0.500. The second-order valence-corrected chi connectivity index (χ2v) is 2.62. The van der Waals surface area contributed by atoms with Gasteiger partial charge >= 0.3 is 11.6 Å². The number of hydrogen-bond acceptors (Lipinski definition) is 4. The van der Waals surface area contributed by atoms with Gasteiger partial charge in [-0.3, -0.25) is 14.8 Å². The van der Waals surface area contributed by atoms with Crippen molar-refractivity contribution in [3.8, 4) is 0 Å². The van der Waals surface area contributed by atoms with E-state index in [1.54, 1.807) is 0 Å². The number of aromatic nitrogens is 2. The zero-order valence-corrected chi connectivity index (χ0v) is 7.15. The zero-order chi connectivity index (χ0) is 10.9. The Bertz CT molecular complexity index is 363. The minimum Gasteiger partial charge on any atom is -0.390 e. The Balaban J connectivity index is 3.31. The molecule has 0 unspecified atom stereocenters. The summed E-state index contributed by atoms with van der Waals surface area (Å²) in [5, 5.41) is 22.1. The lowest BCUT2D eigenvalue weighted by Crippen LogP contribution is -2.23. The Morgan fingerprint density at radius 2 is 2.36 bits per heavy atom. The van der Waals surface area contributed by atoms with Gasteiger partial charge in [0, 0.05) is 7.05 Å². The Morgan fingerprint density at radius 3 is 2.79 bits per heavy atom. The highest BCUT2D eigenvalue weighted by atomic mass is 19.3. The lowest BCUT2D eigenvalue weighted by molar-refractivity contribution is -0.387. The van der Waals surface area contributed by atoms with Gasteiger partial charge in [0.05, 0.1) is 4.92 Å². The lowest BCUT2D eigenvalue weighted by Gasteiger charge is -2.12. The zero-order valence-electron chi connectivity index (χ0n) is 7.15. The number of nitrogens with zero attached hydrogens (tertiary/aromatic N) is 3. The van der Waals surface area contributed by atoms with Crippen LogP contribution in [0.15, 0.2) is 6.20 Å². The van der Waals surface area contributed by atoms with E-state index in [1.807, 2.05) is 0 Å². The largest absolute Gasteiger partial charge is 0.390 e. The molecule has 78 valence electrons. The Morgan fingerprint density at radius 1 is 1.79 bits per heavy atom. The van der Waals surface area contributed by atoms with Crippen LogP contribution in [0.4, 0.5) is 14.5 Å². The van der Waals surface area contributed by atoms with E-state index in [-0.39, 0.29) is 0 Å². The summed E-state index contributed by atoms with van der Waals surface area (Å²) in [4.78, 5) is 9.37. The van der Waals surface area contributed by atoms with Gasteiger partial charge in [-0.1, -0.05) is 0 Å². The summed E-state index contributed by atoms with van der Waals surface area (Å²) in [7, 11) is 1.14. The van der Waals surface area contributed by atoms with E-state index in [0.29, 0.717) is 4.68 Å². The number of aliphatic hydroxyl groups excluding tert-OH is 1. The van der Waals surface area contributed by atoms with Crippen molar-refractivity contribution in [2.24, 2.45) is 7.05 Å². The maximum absolute atomic E-state index is 13.0. The van der Waals surface area contributed by atoms with Crippen molar-refractivity contribution >= 4 is 5.69 Å². The minimum atomic E-state index is -3.66. The summed E-state index contributed by atoms with van der Waals surface area (Å²) in [6.45, 7) is -1.49. The van der Waals surface area contributed by atoms with Crippen molar-refractivity contribution in [2.45, 2.75) is 5.92 Å². The number of rotatable bonds is 3. The fourth-order valence-corrected chi connectivity index (χ4v) is 1.06. The molecule has 0 radical (unpaired) electrons. The van der Waals surface area contributed by atoms with Crippen LogP contribution in [-0.4, -0.2) is 26.4 Å². The maximum atomic E-state index is 13.0. The highest BCUT2D eigenvalue weighted by Crippen LogP contribution is 2.33. The molecule has 14 heavy (non-hydrogen) atoms. The molecule has 1 heterocycles. The van der Waals surface area contributed by atoms with Crippen molar-refractivity contribution in [1.29, 1.82) is 0 Å². The first-order valence-corrected chi connectivity index (χ1v) is 3.55. The summed E-state index contributed by atoms with van der Waals surface area (Å²) in [6.07, 6.45) is 0.721. The summed E-state index contributed by atoms with van der Waals surface area (Å²) in [6, 6.07) is 0. The van der Waals surface area contributed by atoms with Crippen LogP contribution in [0.25, 0.3) is 0 Å². The maximum Gasteiger partial charge on any atom is 0.318 e. The molecule has 6 nitrogen and oxygen atoms in total. The normalized spacial score (nSPS) is 11.7. The van der Waals surface area contributed by atoms with E-state index in [2.05, 4.69) is 5.10 Å². The Labute approximate surface area is 76.9 Å². The highest BCUT2D eigenvalue weighted by molar-refractivity contribution is 5.36. The van der Waals surface area contributed by atoms with Gasteiger partial charge in [-0.25, -0.2) is 0 Å². The van der Waals surface area contributed by atoms with E-state index in [4.69, 9.17) is 5.11 Å². The monoisotopic (exact) mass is 207 g/mol. The molecule has 0 fully saturated rings. The Hall–Kier alpha value is -1.57. The molecule has 1 N–H and O–H groups in total. The first kappa shape index (κ1) is 10.5. The standard InChI is InChI=1S/C6H7F2N3O3/c1-10-5(6(7,8)3-12)4(2-9-10)11(13)14/h2,12H,3H2,1H3. The third-order valence-corrected chi connectivity index (χ3v) is 1.66. The van der Waals surface area contributed by atoms with Crippen LogP contribution in [0.1, 0.15) is 5.69 Å². The van der Waals surface area contributed by atoms with Crippen molar-refractivity contribution in [1.82, 2.24) is 9.78 Å². The molecule has 0 aromatic carbocycles. The molecule has 1 aromatic heterocycles. The van der Waals surface area contributed by atoms with E-state index >= 15 is 0 Å². The topological polar surface area (TPSA) is 81.2 Å². The van der Waals surface area contributed by atoms with E-state index < -0.39 is 28.8 Å². The number of nitro groups is 1. The molecular weight excluding hydrogens is 200 g/mol. The van der Waals surface area contributed by atoms with Gasteiger partial charge in [-0.05, 0) is 0 Å². The third-order valence-electron chi connectivity index (χ3n) is 1.66. The second kappa shape index (κ2) is 3.29. The second-order valence-electron chi connectivity index (χ2n) is 2.62. The molecular formula is C6H7F2N3O3. The summed E-state index contributed by atoms with van der Waals surface area (Å²) < 4.78 is 26.6. The molecule has 0 atom stereocenters. The van der Waals surface area contributed by atoms with Gasteiger partial charge in [0.1, 0.15) is 12.8 Å². The number of alkyl halides is 2. The SMILES string of the molecule is Cn1ncc([N+](=O)[O-])c1C(F)(F)CO. The molecule has 0 aliphatic rings. The first-order valence-electron chi connectivity index (χ1n) is 3.55. The molecule has 8 heteroatoms. The number of halogens is 2. The summed E-state index contributed by atoms with van der Waals surface area (Å²) in [5.41, 5.74) is -1.70. The van der Waals surface area contributed by atoms with Gasteiger partial charge in [-0.15, -0.1) is 0 Å². The molecule has 0 aliphatic heterocycles. The van der Waals surface area contributed by atoms with Crippen molar-refractivity contribution in [2.75, 3.05) is 6.61 Å². The summed E-state index contributed by atoms with van der Waals surface area (Å²) >= 11 is 0. The van der Waals surface area contributed by atoms with E-state index in [9.17, 15) is 18.9 Å². The molecule has 0 bridgehead atoms. The molecule has 0 saturated heterocycles. The van der Waals surface area contributed by atoms with Gasteiger partial charge in [0.25, 0.3) is 0 Å². The minimum absolute atomic E-state index is 0.675. The Kier molecular flexibility index (Phi) is 2.47. The van der Waals surface area contributed by atoms with Crippen LogP contribution >= 0.6 is 0 Å². The van der Waals surface area contributed by atoms with Gasteiger partial charge in [0.15, 0.2) is 5.69 Å². The summed E-state index contributed by atoms with van der Waals surface area (Å²) in [5.74, 6) is -3.66. The number of aliphatic hydroxyl groups is 1. The molecule has 0 spiro atoms. The van der Waals surface area contributed by atoms with Crippen LogP contribution < -0.4 is 0 Å². The van der Waals surface area contributed by atoms with E-state index in [1.165, 1.54) is 0 Å². The van der Waals surface area contributed by atoms with Crippen LogP contribution in [0.5, 0.6) is 0 Å². The molecule has 1 rings (SSSR count). The van der Waals surface area contributed by atoms with Gasteiger partial charge < -0.3 is 5.11 Å². The van der Waals surface area contributed by atoms with Crippen LogP contribution in [0, 0.1) is 10.1 Å². The predicted molar refractivity (Wildman–Crippen MR) is 40.8 cm³/mol. The number of hydrogen-bond donors (Lipinski definition) is 1. The van der Waals surface area contributed by atoms with Crippen LogP contribution in [-0.2, 0) is 13.0 Å². The fourth-order valence-electron chi connectivity index (χ4n) is 1.06.